The molecule has 140 valence electrons. The minimum atomic E-state index is -3.54. The number of hydrogen-bond donors (Lipinski definition) is 1. The fourth-order valence-electron chi connectivity index (χ4n) is 2.81. The van der Waals surface area contributed by atoms with E-state index in [1.807, 2.05) is 6.07 Å². The van der Waals surface area contributed by atoms with Gasteiger partial charge < -0.3 is 5.32 Å². The van der Waals surface area contributed by atoms with Crippen LogP contribution in [0.3, 0.4) is 0 Å². The molecule has 0 aliphatic rings. The Labute approximate surface area is 166 Å². The summed E-state index contributed by atoms with van der Waals surface area (Å²) in [6.45, 7) is 0.305. The Kier molecular flexibility index (Phi) is 4.93. The number of thiazole rings is 1. The second-order valence-electron chi connectivity index (χ2n) is 6.18. The Bertz CT molecular complexity index is 1230. The number of amides is 1. The first kappa shape index (κ1) is 18.3. The van der Waals surface area contributed by atoms with Gasteiger partial charge in [0.2, 0.25) is 9.84 Å². The van der Waals surface area contributed by atoms with Crippen LogP contribution in [0.2, 0.25) is 0 Å². The van der Waals surface area contributed by atoms with Crippen molar-refractivity contribution in [2.45, 2.75) is 16.3 Å². The number of sulfone groups is 1. The fourth-order valence-corrected chi connectivity index (χ4v) is 4.75. The number of carbonyl (C=O) groups is 1. The molecule has 5 nitrogen and oxygen atoms in total. The lowest BCUT2D eigenvalue weighted by Crippen LogP contribution is -2.22. The van der Waals surface area contributed by atoms with E-state index in [2.05, 4.69) is 10.3 Å². The Morgan fingerprint density at radius 3 is 2.39 bits per heavy atom. The predicted octanol–water partition coefficient (Wildman–Crippen LogP) is 4.06. The van der Waals surface area contributed by atoms with Crippen LogP contribution >= 0.6 is 11.3 Å². The molecule has 1 amide bonds. The van der Waals surface area contributed by atoms with Gasteiger partial charge in [0, 0.05) is 12.1 Å². The van der Waals surface area contributed by atoms with E-state index in [-0.39, 0.29) is 15.7 Å². The molecule has 0 saturated heterocycles. The third-order valence-electron chi connectivity index (χ3n) is 4.33. The van der Waals surface area contributed by atoms with Crippen molar-refractivity contribution in [3.63, 3.8) is 0 Å². The van der Waals surface area contributed by atoms with Crippen LogP contribution in [0, 0.1) is 0 Å². The monoisotopic (exact) mass is 408 g/mol. The summed E-state index contributed by atoms with van der Waals surface area (Å²) < 4.78 is 26.2. The summed E-state index contributed by atoms with van der Waals surface area (Å²) in [5, 5.41) is 2.85. The van der Waals surface area contributed by atoms with Gasteiger partial charge in [-0.2, -0.15) is 0 Å². The first-order valence-electron chi connectivity index (χ1n) is 8.54. The summed E-state index contributed by atoms with van der Waals surface area (Å²) >= 11 is 1.53. The van der Waals surface area contributed by atoms with E-state index in [0.29, 0.717) is 12.1 Å². The molecule has 3 aromatic carbocycles. The zero-order valence-electron chi connectivity index (χ0n) is 14.7. The van der Waals surface area contributed by atoms with Gasteiger partial charge in [-0.25, -0.2) is 13.4 Å². The lowest BCUT2D eigenvalue weighted by Gasteiger charge is -2.08. The van der Waals surface area contributed by atoms with Gasteiger partial charge in [-0.05, 0) is 48.0 Å². The van der Waals surface area contributed by atoms with E-state index in [0.717, 1.165) is 15.8 Å². The van der Waals surface area contributed by atoms with Gasteiger partial charge in [0.1, 0.15) is 0 Å². The molecule has 0 radical (unpaired) electrons. The van der Waals surface area contributed by atoms with Gasteiger partial charge in [0.05, 0.1) is 25.5 Å². The van der Waals surface area contributed by atoms with Gasteiger partial charge in [-0.15, -0.1) is 11.3 Å². The first-order valence-corrected chi connectivity index (χ1v) is 10.9. The Morgan fingerprint density at radius 2 is 1.64 bits per heavy atom. The van der Waals surface area contributed by atoms with Gasteiger partial charge in [-0.1, -0.05) is 30.3 Å². The van der Waals surface area contributed by atoms with E-state index in [4.69, 9.17) is 0 Å². The SMILES string of the molecule is O=C(NCc1ccc(S(=O)(=O)c2ccccc2)cc1)c1ccc2scnc2c1. The van der Waals surface area contributed by atoms with Crippen LogP contribution < -0.4 is 5.32 Å². The average Bonchev–Trinajstić information content (AvgIpc) is 3.21. The third kappa shape index (κ3) is 3.67. The average molecular weight is 409 g/mol. The van der Waals surface area contributed by atoms with Gasteiger partial charge in [0.15, 0.2) is 0 Å². The molecular weight excluding hydrogens is 392 g/mol. The minimum absolute atomic E-state index is 0.198. The maximum Gasteiger partial charge on any atom is 0.251 e. The highest BCUT2D eigenvalue weighted by Gasteiger charge is 2.16. The summed E-state index contributed by atoms with van der Waals surface area (Å²) in [5.41, 5.74) is 3.90. The highest BCUT2D eigenvalue weighted by molar-refractivity contribution is 7.91. The second-order valence-corrected chi connectivity index (χ2v) is 9.01. The highest BCUT2D eigenvalue weighted by atomic mass is 32.2. The summed E-state index contributed by atoms with van der Waals surface area (Å²) in [4.78, 5) is 17.1. The van der Waals surface area contributed by atoms with Crippen molar-refractivity contribution in [1.29, 1.82) is 0 Å². The molecule has 28 heavy (non-hydrogen) atoms. The molecule has 0 saturated carbocycles. The molecule has 0 unspecified atom stereocenters. The van der Waals surface area contributed by atoms with Crippen LogP contribution in [0.25, 0.3) is 10.2 Å². The summed E-state index contributed by atoms with van der Waals surface area (Å²) in [6.07, 6.45) is 0. The smallest absolute Gasteiger partial charge is 0.251 e. The Morgan fingerprint density at radius 1 is 0.929 bits per heavy atom. The molecule has 1 N–H and O–H groups in total. The van der Waals surface area contributed by atoms with Gasteiger partial charge in [-0.3, -0.25) is 4.79 Å². The quantitative estimate of drug-likeness (QED) is 0.540. The molecule has 1 heterocycles. The largest absolute Gasteiger partial charge is 0.348 e. The molecule has 0 bridgehead atoms. The molecule has 4 rings (SSSR count). The van der Waals surface area contributed by atoms with Gasteiger partial charge in [0.25, 0.3) is 5.91 Å². The minimum Gasteiger partial charge on any atom is -0.348 e. The zero-order chi connectivity index (χ0) is 19.6. The van der Waals surface area contributed by atoms with Crippen LogP contribution in [-0.4, -0.2) is 19.3 Å². The number of rotatable bonds is 5. The Hall–Kier alpha value is -3.03. The van der Waals surface area contributed by atoms with Crippen LogP contribution in [0.4, 0.5) is 0 Å². The highest BCUT2D eigenvalue weighted by Crippen LogP contribution is 2.21. The summed E-state index contributed by atoms with van der Waals surface area (Å²) in [7, 11) is -3.54. The fraction of sp³-hybridized carbons (Fsp3) is 0.0476. The maximum atomic E-state index is 12.6. The van der Waals surface area contributed by atoms with Crippen molar-refractivity contribution < 1.29 is 13.2 Å². The van der Waals surface area contributed by atoms with E-state index in [9.17, 15) is 13.2 Å². The predicted molar refractivity (Wildman–Crippen MR) is 109 cm³/mol. The molecule has 0 atom stereocenters. The number of fused-ring (bicyclic) bond motifs is 1. The lowest BCUT2D eigenvalue weighted by atomic mass is 10.2. The molecule has 1 aromatic heterocycles. The third-order valence-corrected chi connectivity index (χ3v) is 6.93. The van der Waals surface area contributed by atoms with Gasteiger partial charge >= 0.3 is 0 Å². The molecule has 0 aliphatic carbocycles. The number of carbonyl (C=O) groups excluding carboxylic acids is 1. The lowest BCUT2D eigenvalue weighted by molar-refractivity contribution is 0.0951. The number of nitrogens with zero attached hydrogens (tertiary/aromatic N) is 1. The van der Waals surface area contributed by atoms with Crippen LogP contribution in [0.5, 0.6) is 0 Å². The number of nitrogens with one attached hydrogen (secondary N) is 1. The molecule has 0 fully saturated rings. The second kappa shape index (κ2) is 7.53. The zero-order valence-corrected chi connectivity index (χ0v) is 16.3. The molecule has 4 aromatic rings. The van der Waals surface area contributed by atoms with Crippen molar-refractivity contribution in [2.75, 3.05) is 0 Å². The summed E-state index contributed by atoms with van der Waals surface area (Å²) in [5.74, 6) is -0.198. The summed E-state index contributed by atoms with van der Waals surface area (Å²) in [6, 6.07) is 20.3. The number of benzene rings is 3. The van der Waals surface area contributed by atoms with E-state index in [1.54, 1.807) is 72.2 Å². The molecule has 0 aliphatic heterocycles. The van der Waals surface area contributed by atoms with Crippen LogP contribution in [-0.2, 0) is 16.4 Å². The normalized spacial score (nSPS) is 11.4. The van der Waals surface area contributed by atoms with Crippen molar-refractivity contribution in [1.82, 2.24) is 10.3 Å². The van der Waals surface area contributed by atoms with Crippen LogP contribution in [0.1, 0.15) is 15.9 Å². The van der Waals surface area contributed by atoms with Crippen molar-refractivity contribution >= 4 is 37.3 Å². The Balaban J connectivity index is 1.45. The topological polar surface area (TPSA) is 76.1 Å². The first-order chi connectivity index (χ1) is 13.5. The van der Waals surface area contributed by atoms with Crippen molar-refractivity contribution in [3.8, 4) is 0 Å². The van der Waals surface area contributed by atoms with Crippen molar-refractivity contribution in [2.24, 2.45) is 0 Å². The molecular formula is C21H16N2O3S2. The van der Waals surface area contributed by atoms with E-state index in [1.165, 1.54) is 11.3 Å². The molecule has 7 heteroatoms. The maximum absolute atomic E-state index is 12.6. The van der Waals surface area contributed by atoms with E-state index < -0.39 is 9.84 Å². The van der Waals surface area contributed by atoms with Crippen molar-refractivity contribution in [3.05, 3.63) is 89.4 Å². The number of aromatic nitrogens is 1. The number of hydrogen-bond acceptors (Lipinski definition) is 5. The van der Waals surface area contributed by atoms with E-state index >= 15 is 0 Å². The standard InChI is InChI=1S/C21H16N2O3S2/c24-21(16-8-11-20-19(12-16)23-14-27-20)22-13-15-6-9-18(10-7-15)28(25,26)17-4-2-1-3-5-17/h1-12,14H,13H2,(H,22,24). The van der Waals surface area contributed by atoms with Crippen LogP contribution in [0.15, 0.2) is 88.1 Å². The molecule has 0 spiro atoms.